The number of benzene rings is 1. The first-order chi connectivity index (χ1) is 7.29. The molecule has 0 aromatic heterocycles. The molecule has 3 nitrogen and oxygen atoms in total. The number of aliphatic hydroxyl groups excluding tert-OH is 1. The first-order valence-electron chi connectivity index (χ1n) is 4.94. The van der Waals surface area contributed by atoms with Crippen molar-refractivity contribution in [2.24, 2.45) is 0 Å². The van der Waals surface area contributed by atoms with E-state index in [1.165, 1.54) is 19.1 Å². The van der Waals surface area contributed by atoms with Crippen LogP contribution in [0.1, 0.15) is 35.3 Å². The van der Waals surface area contributed by atoms with Gasteiger partial charge in [-0.25, -0.2) is 9.18 Å². The predicted octanol–water partition coefficient (Wildman–Crippen LogP) is 2.10. The number of carboxylic acid groups (broad SMARTS) is 1. The molecule has 0 fully saturated rings. The first kappa shape index (κ1) is 12.6. The van der Waals surface area contributed by atoms with Gasteiger partial charge in [0.1, 0.15) is 5.82 Å². The molecule has 0 spiro atoms. The molecule has 0 atom stereocenters. The summed E-state index contributed by atoms with van der Waals surface area (Å²) in [5, 5.41) is 18.1. The number of hydrogen-bond acceptors (Lipinski definition) is 2. The normalized spacial score (nSPS) is 11.6. The van der Waals surface area contributed by atoms with Gasteiger partial charge in [0.2, 0.25) is 0 Å². The molecule has 0 heterocycles. The molecule has 1 rings (SSSR count). The van der Waals surface area contributed by atoms with Gasteiger partial charge in [-0.05, 0) is 30.2 Å². The minimum Gasteiger partial charge on any atom is -0.478 e. The van der Waals surface area contributed by atoms with Crippen LogP contribution in [0.25, 0.3) is 0 Å². The number of halogens is 1. The van der Waals surface area contributed by atoms with E-state index >= 15 is 0 Å². The van der Waals surface area contributed by atoms with E-state index in [4.69, 9.17) is 10.2 Å². The molecule has 0 aliphatic carbocycles. The summed E-state index contributed by atoms with van der Waals surface area (Å²) >= 11 is 0. The van der Waals surface area contributed by atoms with Crippen LogP contribution in [0.4, 0.5) is 4.39 Å². The summed E-state index contributed by atoms with van der Waals surface area (Å²) in [6.45, 7) is 4.70. The number of aliphatic hydroxyl groups is 1. The second-order valence-corrected chi connectivity index (χ2v) is 4.48. The average Bonchev–Trinajstić information content (AvgIpc) is 2.21. The Kier molecular flexibility index (Phi) is 3.33. The van der Waals surface area contributed by atoms with E-state index in [-0.39, 0.29) is 17.7 Å². The number of carbonyl (C=O) groups is 1. The molecule has 0 radical (unpaired) electrons. The van der Waals surface area contributed by atoms with E-state index < -0.39 is 17.2 Å². The Labute approximate surface area is 93.5 Å². The molecular weight excluding hydrogens is 211 g/mol. The molecule has 0 saturated heterocycles. The van der Waals surface area contributed by atoms with Crippen molar-refractivity contribution in [2.45, 2.75) is 26.2 Å². The van der Waals surface area contributed by atoms with Crippen molar-refractivity contribution < 1.29 is 19.4 Å². The van der Waals surface area contributed by atoms with Gasteiger partial charge in [-0.1, -0.05) is 13.8 Å². The molecule has 4 heteroatoms. The summed E-state index contributed by atoms with van der Waals surface area (Å²) < 4.78 is 13.5. The van der Waals surface area contributed by atoms with Crippen LogP contribution in [0.3, 0.4) is 0 Å². The maximum Gasteiger partial charge on any atom is 0.336 e. The van der Waals surface area contributed by atoms with Crippen LogP contribution < -0.4 is 0 Å². The van der Waals surface area contributed by atoms with Gasteiger partial charge in [0.15, 0.2) is 0 Å². The minimum absolute atomic E-state index is 0.0588. The lowest BCUT2D eigenvalue weighted by atomic mass is 9.84. The van der Waals surface area contributed by atoms with Gasteiger partial charge in [0.05, 0.1) is 12.2 Å². The summed E-state index contributed by atoms with van der Waals surface area (Å²) in [5.74, 6) is -1.72. The molecule has 16 heavy (non-hydrogen) atoms. The monoisotopic (exact) mass is 226 g/mol. The van der Waals surface area contributed by atoms with Crippen LogP contribution in [0.15, 0.2) is 12.1 Å². The lowest BCUT2D eigenvalue weighted by Crippen LogP contribution is -2.23. The number of carboxylic acids is 1. The molecule has 0 aliphatic heterocycles. The molecule has 0 unspecified atom stereocenters. The van der Waals surface area contributed by atoms with E-state index in [0.29, 0.717) is 5.56 Å². The number of rotatable bonds is 3. The van der Waals surface area contributed by atoms with Crippen LogP contribution in [0.2, 0.25) is 0 Å². The Balaban J connectivity index is 3.41. The van der Waals surface area contributed by atoms with Crippen molar-refractivity contribution in [3.63, 3.8) is 0 Å². The summed E-state index contributed by atoms with van der Waals surface area (Å²) in [5.41, 5.74) is -0.115. The van der Waals surface area contributed by atoms with E-state index in [2.05, 4.69) is 0 Å². The zero-order chi connectivity index (χ0) is 12.5. The smallest absolute Gasteiger partial charge is 0.336 e. The predicted molar refractivity (Wildman–Crippen MR) is 58.2 cm³/mol. The molecule has 2 N–H and O–H groups in total. The van der Waals surface area contributed by atoms with Gasteiger partial charge in [-0.2, -0.15) is 0 Å². The lowest BCUT2D eigenvalue weighted by Gasteiger charge is -2.23. The van der Waals surface area contributed by atoms with Crippen molar-refractivity contribution in [1.29, 1.82) is 0 Å². The highest BCUT2D eigenvalue weighted by atomic mass is 19.1. The van der Waals surface area contributed by atoms with Crippen molar-refractivity contribution in [1.82, 2.24) is 0 Å². The van der Waals surface area contributed by atoms with E-state index in [0.717, 1.165) is 0 Å². The Hall–Kier alpha value is -1.42. The maximum absolute atomic E-state index is 13.5. The Morgan fingerprint density at radius 1 is 1.44 bits per heavy atom. The third-order valence-corrected chi connectivity index (χ3v) is 2.75. The SMILES string of the molecule is Cc1c(F)cc(C(C)(C)CO)cc1C(=O)O. The fourth-order valence-corrected chi connectivity index (χ4v) is 1.38. The van der Waals surface area contributed by atoms with Gasteiger partial charge >= 0.3 is 5.97 Å². The summed E-state index contributed by atoms with van der Waals surface area (Å²) in [6, 6.07) is 2.69. The number of aromatic carboxylic acids is 1. The Morgan fingerprint density at radius 3 is 2.44 bits per heavy atom. The first-order valence-corrected chi connectivity index (χ1v) is 4.94. The van der Waals surface area contributed by atoms with Crippen molar-refractivity contribution >= 4 is 5.97 Å². The van der Waals surface area contributed by atoms with Crippen LogP contribution in [-0.2, 0) is 5.41 Å². The summed E-state index contributed by atoms with van der Waals surface area (Å²) in [4.78, 5) is 10.9. The van der Waals surface area contributed by atoms with Crippen LogP contribution >= 0.6 is 0 Å². The molecule has 0 aliphatic rings. The average molecular weight is 226 g/mol. The van der Waals surface area contributed by atoms with Gasteiger partial charge in [-0.3, -0.25) is 0 Å². The Morgan fingerprint density at radius 2 is 2.00 bits per heavy atom. The second-order valence-electron chi connectivity index (χ2n) is 4.48. The highest BCUT2D eigenvalue weighted by molar-refractivity contribution is 5.89. The highest BCUT2D eigenvalue weighted by Crippen LogP contribution is 2.26. The lowest BCUT2D eigenvalue weighted by molar-refractivity contribution is 0.0695. The minimum atomic E-state index is -1.16. The van der Waals surface area contributed by atoms with Crippen LogP contribution in [-0.4, -0.2) is 22.8 Å². The topological polar surface area (TPSA) is 57.5 Å². The Bertz CT molecular complexity index is 425. The van der Waals surface area contributed by atoms with Crippen LogP contribution in [0.5, 0.6) is 0 Å². The fraction of sp³-hybridized carbons (Fsp3) is 0.417. The summed E-state index contributed by atoms with van der Waals surface area (Å²) in [6.07, 6.45) is 0. The number of hydrogen-bond donors (Lipinski definition) is 2. The molecule has 0 amide bonds. The fourth-order valence-electron chi connectivity index (χ4n) is 1.38. The molecule has 0 saturated carbocycles. The molecule has 0 bridgehead atoms. The molecular formula is C12H15FO3. The summed E-state index contributed by atoms with van der Waals surface area (Å²) in [7, 11) is 0. The third-order valence-electron chi connectivity index (χ3n) is 2.75. The molecule has 1 aromatic rings. The quantitative estimate of drug-likeness (QED) is 0.829. The largest absolute Gasteiger partial charge is 0.478 e. The van der Waals surface area contributed by atoms with Crippen molar-refractivity contribution in [3.8, 4) is 0 Å². The van der Waals surface area contributed by atoms with E-state index in [1.54, 1.807) is 13.8 Å². The van der Waals surface area contributed by atoms with E-state index in [1.807, 2.05) is 0 Å². The highest BCUT2D eigenvalue weighted by Gasteiger charge is 2.23. The van der Waals surface area contributed by atoms with Gasteiger partial charge in [0.25, 0.3) is 0 Å². The zero-order valence-electron chi connectivity index (χ0n) is 9.54. The van der Waals surface area contributed by atoms with Gasteiger partial charge in [-0.15, -0.1) is 0 Å². The molecule has 88 valence electrons. The van der Waals surface area contributed by atoms with E-state index in [9.17, 15) is 9.18 Å². The molecule has 1 aromatic carbocycles. The second kappa shape index (κ2) is 4.22. The van der Waals surface area contributed by atoms with Crippen LogP contribution in [0, 0.1) is 12.7 Å². The van der Waals surface area contributed by atoms with Crippen molar-refractivity contribution in [3.05, 3.63) is 34.6 Å². The van der Waals surface area contributed by atoms with Crippen molar-refractivity contribution in [2.75, 3.05) is 6.61 Å². The standard InChI is InChI=1S/C12H15FO3/c1-7-9(11(15)16)4-8(5-10(7)13)12(2,3)6-14/h4-5,14H,6H2,1-3H3,(H,15,16). The van der Waals surface area contributed by atoms with Gasteiger partial charge in [0, 0.05) is 5.41 Å². The zero-order valence-corrected chi connectivity index (χ0v) is 9.54. The maximum atomic E-state index is 13.5. The van der Waals surface area contributed by atoms with Gasteiger partial charge < -0.3 is 10.2 Å². The third kappa shape index (κ3) is 2.22.